The van der Waals surface area contributed by atoms with Crippen molar-refractivity contribution in [1.29, 1.82) is 0 Å². The van der Waals surface area contributed by atoms with E-state index in [1.807, 2.05) is 5.32 Å². The summed E-state index contributed by atoms with van der Waals surface area (Å²) in [6, 6.07) is 0. The van der Waals surface area contributed by atoms with E-state index in [1.165, 1.54) is 14.1 Å². The number of hydroxylamine groups is 3. The highest BCUT2D eigenvalue weighted by Gasteiger charge is 2.03. The minimum atomic E-state index is -4.80. The van der Waals surface area contributed by atoms with Crippen molar-refractivity contribution < 1.29 is 41.0 Å². The van der Waals surface area contributed by atoms with E-state index in [0.717, 1.165) is 0 Å². The van der Waals surface area contributed by atoms with Crippen molar-refractivity contribution in [3.05, 3.63) is 5.21 Å². The smallest absolute Gasteiger partial charge is 0.219 e. The molecule has 0 unspecified atom stereocenters. The summed E-state index contributed by atoms with van der Waals surface area (Å²) in [5.41, 5.74) is 0. The van der Waals surface area contributed by atoms with Gasteiger partial charge in [0.05, 0.1) is 20.6 Å². The molecule has 0 fully saturated rings. The second kappa shape index (κ2) is 13.1. The predicted octanol–water partition coefficient (Wildman–Crippen LogP) is 3.99. The molecule has 0 aliphatic carbocycles. The summed E-state index contributed by atoms with van der Waals surface area (Å²) in [7, 11) is 2.49. The number of hydrogen-bond acceptors (Lipinski definition) is 2. The fourth-order valence-electron chi connectivity index (χ4n) is 1.01. The molecular weight excluding hydrogens is 264 g/mol. The summed E-state index contributed by atoms with van der Waals surface area (Å²) in [5, 5.41) is 13.5. The standard InChI is InChI=1S/C17H36N2O2/c1-4-5-6-7-8-9-10-11-12-14-17(20)18-15-13-16-19(2,3)21/h4-16H2,1-3H3,(H,18,20)/i1D3,4D2,5D2,6D2,7D2,8D2,9D2,10D2,11D2,12D2,14D2. The number of carbonyl (C=O) groups is 1. The molecule has 0 atom stereocenters. The van der Waals surface area contributed by atoms with Gasteiger partial charge in [0.2, 0.25) is 5.91 Å². The molecule has 1 N–H and O–H groups in total. The molecule has 0 heterocycles. The van der Waals surface area contributed by atoms with Gasteiger partial charge in [-0.25, -0.2) is 0 Å². The molecule has 4 nitrogen and oxygen atoms in total. The van der Waals surface area contributed by atoms with E-state index in [-0.39, 0.29) is 13.0 Å². The molecule has 21 heavy (non-hydrogen) atoms. The van der Waals surface area contributed by atoms with Gasteiger partial charge < -0.3 is 15.2 Å². The van der Waals surface area contributed by atoms with E-state index < -0.39 is 87.7 Å². The van der Waals surface area contributed by atoms with Crippen LogP contribution in [-0.2, 0) is 4.79 Å². The number of nitrogens with zero attached hydrogens (tertiary/aromatic N) is 1. The molecule has 0 saturated heterocycles. The van der Waals surface area contributed by atoms with Gasteiger partial charge in [0.1, 0.15) is 0 Å². The van der Waals surface area contributed by atoms with Crippen LogP contribution in [0.2, 0.25) is 0 Å². The van der Waals surface area contributed by atoms with Crippen molar-refractivity contribution in [2.75, 3.05) is 27.2 Å². The summed E-state index contributed by atoms with van der Waals surface area (Å²) >= 11 is 0. The Morgan fingerprint density at radius 1 is 1.10 bits per heavy atom. The molecule has 0 spiro atoms. The highest BCUT2D eigenvalue weighted by molar-refractivity contribution is 5.75. The molecule has 0 aliphatic rings. The highest BCUT2D eigenvalue weighted by atomic mass is 16.5. The van der Waals surface area contributed by atoms with Gasteiger partial charge in [-0.1, -0.05) is 57.8 Å². The van der Waals surface area contributed by atoms with Gasteiger partial charge in [-0.3, -0.25) is 4.79 Å². The molecule has 0 aromatic carbocycles. The Morgan fingerprint density at radius 3 is 2.24 bits per heavy atom. The topological polar surface area (TPSA) is 52.2 Å². The average Bonchev–Trinajstić information content (AvgIpc) is 2.78. The third-order valence-corrected chi connectivity index (χ3v) is 1.83. The Hall–Kier alpha value is -0.610. The van der Waals surface area contributed by atoms with Gasteiger partial charge >= 0.3 is 0 Å². The van der Waals surface area contributed by atoms with Crippen molar-refractivity contribution in [2.24, 2.45) is 0 Å². The number of nitrogens with one attached hydrogen (secondary N) is 1. The van der Waals surface area contributed by atoms with Crippen LogP contribution < -0.4 is 5.32 Å². The second-order valence-electron chi connectivity index (χ2n) is 4.16. The zero-order valence-electron chi connectivity index (χ0n) is 34.9. The van der Waals surface area contributed by atoms with Crippen LogP contribution in [0.3, 0.4) is 0 Å². The van der Waals surface area contributed by atoms with Crippen molar-refractivity contribution in [1.82, 2.24) is 5.32 Å². The maximum Gasteiger partial charge on any atom is 0.219 e. The van der Waals surface area contributed by atoms with Gasteiger partial charge in [0.15, 0.2) is 0 Å². The minimum absolute atomic E-state index is 0.0674. The lowest BCUT2D eigenvalue weighted by Crippen LogP contribution is -2.35. The van der Waals surface area contributed by atoms with Gasteiger partial charge in [0, 0.05) is 50.9 Å². The minimum Gasteiger partial charge on any atom is -0.633 e. The summed E-state index contributed by atoms with van der Waals surface area (Å²) in [6.07, 6.45) is -45.6. The lowest BCUT2D eigenvalue weighted by molar-refractivity contribution is -0.840. The first kappa shape index (κ1) is 4.27. The molecule has 0 saturated carbocycles. The second-order valence-corrected chi connectivity index (χ2v) is 4.16. The number of carbonyl (C=O) groups excluding carboxylic acids is 1. The largest absolute Gasteiger partial charge is 0.633 e. The summed E-state index contributed by atoms with van der Waals surface area (Å²) in [4.78, 5) is 12.5. The predicted molar refractivity (Wildman–Crippen MR) is 89.8 cm³/mol. The first-order valence-corrected chi connectivity index (χ1v) is 5.95. The van der Waals surface area contributed by atoms with Gasteiger partial charge in [0.25, 0.3) is 0 Å². The number of hydrogen-bond donors (Lipinski definition) is 1. The van der Waals surface area contributed by atoms with Gasteiger partial charge in [-0.2, -0.15) is 0 Å². The van der Waals surface area contributed by atoms with Crippen LogP contribution in [-0.4, -0.2) is 37.7 Å². The van der Waals surface area contributed by atoms with Crippen LogP contribution in [0.15, 0.2) is 0 Å². The van der Waals surface area contributed by atoms with E-state index in [9.17, 15) is 10.0 Å². The lowest BCUT2D eigenvalue weighted by atomic mass is 10.1. The van der Waals surface area contributed by atoms with Crippen LogP contribution in [0.4, 0.5) is 0 Å². The van der Waals surface area contributed by atoms with Gasteiger partial charge in [-0.05, 0) is 6.37 Å². The normalized spacial score (nSPS) is 35.3. The monoisotopic (exact) mass is 323 g/mol. The van der Waals surface area contributed by atoms with Crippen LogP contribution >= 0.6 is 0 Å². The summed E-state index contributed by atoms with van der Waals surface area (Å²) in [6.45, 7) is -4.53. The molecule has 0 aromatic heterocycles. The molecule has 0 aliphatic heterocycles. The van der Waals surface area contributed by atoms with Crippen molar-refractivity contribution >= 4 is 5.91 Å². The third-order valence-electron chi connectivity index (χ3n) is 1.83. The first-order chi connectivity index (χ1) is 18.6. The maximum atomic E-state index is 12.5. The quantitative estimate of drug-likeness (QED) is 0.298. The van der Waals surface area contributed by atoms with E-state index in [0.29, 0.717) is 0 Å². The highest BCUT2D eigenvalue weighted by Crippen LogP contribution is 2.10. The SMILES string of the molecule is [2H]C([2H])([2H])C([2H])([2H])C([2H])([2H])C([2H])([2H])C([2H])([2H])C([2H])([2H])C([2H])([2H])C([2H])([2H])C([2H])([2H])C([2H])([2H])C([2H])([2H])C(=O)NCCC[N+](C)(C)[O-]. The van der Waals surface area contributed by atoms with E-state index >= 15 is 0 Å². The van der Waals surface area contributed by atoms with E-state index in [4.69, 9.17) is 31.5 Å². The molecule has 0 radical (unpaired) electrons. The van der Waals surface area contributed by atoms with E-state index in [1.54, 1.807) is 0 Å². The van der Waals surface area contributed by atoms with Crippen LogP contribution in [0, 0.1) is 5.21 Å². The van der Waals surface area contributed by atoms with E-state index in [2.05, 4.69) is 0 Å². The van der Waals surface area contributed by atoms with Gasteiger partial charge in [-0.15, -0.1) is 0 Å². The molecule has 126 valence electrons. The third kappa shape index (κ3) is 17.3. The van der Waals surface area contributed by atoms with Crippen LogP contribution in [0.1, 0.15) is 109 Å². The Balaban J connectivity index is 6.91. The maximum absolute atomic E-state index is 12.5. The van der Waals surface area contributed by atoms with Crippen molar-refractivity contribution in [3.8, 4) is 0 Å². The molecule has 0 rings (SSSR count). The summed E-state index contributed by atoms with van der Waals surface area (Å²) in [5.74, 6) is -1.88. The molecule has 0 aromatic rings. The number of rotatable bonds is 14. The zero-order valence-corrected chi connectivity index (χ0v) is 11.9. The molecule has 1 amide bonds. The Kier molecular flexibility index (Phi) is 2.66. The lowest BCUT2D eigenvalue weighted by Gasteiger charge is -2.33. The van der Waals surface area contributed by atoms with Crippen LogP contribution in [0.25, 0.3) is 0 Å². The Morgan fingerprint density at radius 2 is 1.67 bits per heavy atom. The Labute approximate surface area is 163 Å². The fraction of sp³-hybridized carbons (Fsp3) is 0.941. The zero-order chi connectivity index (χ0) is 36.4. The first-order valence-electron chi connectivity index (χ1n) is 17.5. The number of quaternary nitrogens is 1. The fourth-order valence-corrected chi connectivity index (χ4v) is 1.01. The van der Waals surface area contributed by atoms with Crippen molar-refractivity contribution in [2.45, 2.75) is 77.0 Å². The average molecular weight is 324 g/mol. The molecule has 4 heteroatoms. The van der Waals surface area contributed by atoms with Crippen molar-refractivity contribution in [3.63, 3.8) is 0 Å². The molecule has 0 bridgehead atoms. The summed E-state index contributed by atoms with van der Waals surface area (Å²) < 4.78 is 180. The Bertz CT molecular complexity index is 1040. The van der Waals surface area contributed by atoms with Crippen LogP contribution in [0.5, 0.6) is 0 Å². The number of amides is 1. The molecular formula is C17H36N2O2.